The number of hydrogen-bond acceptors (Lipinski definition) is 7. The van der Waals surface area contributed by atoms with Crippen molar-refractivity contribution in [2.75, 3.05) is 12.3 Å². The Labute approximate surface area is 224 Å². The van der Waals surface area contributed by atoms with Crippen LogP contribution in [-0.4, -0.2) is 67.7 Å². The van der Waals surface area contributed by atoms with Gasteiger partial charge in [0.1, 0.15) is 17.3 Å². The molecule has 0 spiro atoms. The lowest BCUT2D eigenvalue weighted by atomic mass is 10.0. The molecule has 0 radical (unpaired) electrons. The van der Waals surface area contributed by atoms with Crippen LogP contribution >= 0.6 is 23.5 Å². The molecule has 1 aliphatic rings. The van der Waals surface area contributed by atoms with Crippen molar-refractivity contribution in [3.8, 4) is 0 Å². The summed E-state index contributed by atoms with van der Waals surface area (Å²) in [6.07, 6.45) is 0.936. The van der Waals surface area contributed by atoms with Crippen LogP contribution in [0.2, 0.25) is 0 Å². The molecule has 0 aliphatic carbocycles. The van der Waals surface area contributed by atoms with Gasteiger partial charge in [0.05, 0.1) is 0 Å². The summed E-state index contributed by atoms with van der Waals surface area (Å²) < 4.78 is 0. The number of nitrogens with zero attached hydrogens (tertiary/aromatic N) is 1. The molecule has 3 rings (SSSR count). The fourth-order valence-electron chi connectivity index (χ4n) is 3.97. The van der Waals surface area contributed by atoms with E-state index in [0.29, 0.717) is 30.5 Å². The lowest BCUT2D eigenvalue weighted by Gasteiger charge is -2.30. The molecular formula is C27H30N2O6S2. The molecule has 0 bridgehead atoms. The molecule has 10 heteroatoms. The topological polar surface area (TPSA) is 121 Å². The number of hydrogen-bond donors (Lipinski definition) is 2. The number of rotatable bonds is 10. The number of aliphatic carboxylic acids is 1. The van der Waals surface area contributed by atoms with E-state index >= 15 is 0 Å². The number of carboxylic acid groups (broad SMARTS) is 1. The summed E-state index contributed by atoms with van der Waals surface area (Å²) in [7, 11) is 0. The van der Waals surface area contributed by atoms with Gasteiger partial charge in [-0.15, -0.1) is 0 Å². The first-order valence-electron chi connectivity index (χ1n) is 12.0. The molecule has 2 N–H and O–H groups in total. The van der Waals surface area contributed by atoms with Crippen LogP contribution in [0.5, 0.6) is 0 Å². The van der Waals surface area contributed by atoms with Crippen LogP contribution in [0.15, 0.2) is 60.7 Å². The molecule has 0 saturated carbocycles. The average Bonchev–Trinajstić information content (AvgIpc) is 3.40. The third kappa shape index (κ3) is 7.69. The van der Waals surface area contributed by atoms with Crippen LogP contribution in [0, 0.1) is 5.92 Å². The van der Waals surface area contributed by atoms with Crippen molar-refractivity contribution < 1.29 is 29.1 Å². The molecule has 1 fully saturated rings. The van der Waals surface area contributed by atoms with E-state index in [-0.39, 0.29) is 21.9 Å². The zero-order chi connectivity index (χ0) is 26.9. The molecule has 1 heterocycles. The molecule has 2 amide bonds. The smallest absolute Gasteiger partial charge is 0.326 e. The zero-order valence-electron chi connectivity index (χ0n) is 20.7. The van der Waals surface area contributed by atoms with Crippen LogP contribution in [0.1, 0.15) is 47.4 Å². The molecule has 1 aliphatic heterocycles. The summed E-state index contributed by atoms with van der Waals surface area (Å²) in [4.78, 5) is 65.2. The lowest BCUT2D eigenvalue weighted by Crippen LogP contribution is -2.55. The highest BCUT2D eigenvalue weighted by atomic mass is 32.2. The maximum Gasteiger partial charge on any atom is 0.326 e. The van der Waals surface area contributed by atoms with Gasteiger partial charge in [-0.25, -0.2) is 4.79 Å². The molecule has 0 aromatic heterocycles. The maximum absolute atomic E-state index is 13.4. The summed E-state index contributed by atoms with van der Waals surface area (Å²) >= 11 is 1.73. The third-order valence-corrected chi connectivity index (χ3v) is 8.30. The van der Waals surface area contributed by atoms with Crippen molar-refractivity contribution >= 4 is 51.5 Å². The highest BCUT2D eigenvalue weighted by molar-refractivity contribution is 8.18. The Bertz CT molecular complexity index is 1130. The summed E-state index contributed by atoms with van der Waals surface area (Å²) in [5, 5.41) is 10.7. The Morgan fingerprint density at radius 3 is 2.05 bits per heavy atom. The minimum atomic E-state index is -1.07. The minimum absolute atomic E-state index is 0.0171. The fourth-order valence-corrected chi connectivity index (χ4v) is 5.91. The predicted octanol–water partition coefficient (Wildman–Crippen LogP) is 3.72. The molecule has 1 saturated heterocycles. The first kappa shape index (κ1) is 28.5. The number of carbonyl (C=O) groups excluding carboxylic acids is 4. The molecule has 37 heavy (non-hydrogen) atoms. The highest BCUT2D eigenvalue weighted by Gasteiger charge is 2.39. The van der Waals surface area contributed by atoms with Crippen molar-refractivity contribution in [1.82, 2.24) is 10.2 Å². The van der Waals surface area contributed by atoms with Gasteiger partial charge >= 0.3 is 5.97 Å². The van der Waals surface area contributed by atoms with Gasteiger partial charge in [0.25, 0.3) is 0 Å². The highest BCUT2D eigenvalue weighted by Crippen LogP contribution is 2.25. The fraction of sp³-hybridized carbons (Fsp3) is 0.370. The maximum atomic E-state index is 13.4. The predicted molar refractivity (Wildman–Crippen MR) is 145 cm³/mol. The number of likely N-dealkylation sites (tertiary alicyclic amines) is 1. The van der Waals surface area contributed by atoms with Crippen LogP contribution in [0.25, 0.3) is 0 Å². The van der Waals surface area contributed by atoms with E-state index in [0.717, 1.165) is 23.5 Å². The van der Waals surface area contributed by atoms with Crippen molar-refractivity contribution in [3.63, 3.8) is 0 Å². The van der Waals surface area contributed by atoms with E-state index in [1.165, 1.54) is 4.90 Å². The van der Waals surface area contributed by atoms with Gasteiger partial charge in [0.15, 0.2) is 0 Å². The standard InChI is InChI=1S/C27H30N2O6S2/c1-17(2)22(24(31)29-15-9-14-20(29)25(32)33)28-23(30)21(37-27(35)19-12-7-4-8-13-19)16-36-26(34)18-10-5-3-6-11-18/h3-8,10-13,17,20-22H,9,14-16H2,1-2H3,(H,28,30)(H,32,33)/t20-,21-,22-/m0/s1. The Morgan fingerprint density at radius 1 is 0.946 bits per heavy atom. The number of carboxylic acids is 1. The van der Waals surface area contributed by atoms with Crippen LogP contribution in [-0.2, 0) is 14.4 Å². The van der Waals surface area contributed by atoms with E-state index in [1.807, 2.05) is 0 Å². The van der Waals surface area contributed by atoms with Crippen molar-refractivity contribution in [1.29, 1.82) is 0 Å². The summed E-state index contributed by atoms with van der Waals surface area (Å²) in [6, 6.07) is 15.3. The largest absolute Gasteiger partial charge is 0.480 e. The number of thioether (sulfide) groups is 2. The van der Waals surface area contributed by atoms with E-state index < -0.39 is 35.1 Å². The van der Waals surface area contributed by atoms with Gasteiger partial charge in [-0.1, -0.05) is 98.0 Å². The quantitative estimate of drug-likeness (QED) is 0.466. The first-order valence-corrected chi connectivity index (χ1v) is 13.9. The number of benzene rings is 2. The summed E-state index contributed by atoms with van der Waals surface area (Å²) in [5.74, 6) is -2.39. The number of nitrogens with one attached hydrogen (secondary N) is 1. The normalized spacial score (nSPS) is 16.7. The van der Waals surface area contributed by atoms with Crippen LogP contribution < -0.4 is 5.32 Å². The lowest BCUT2D eigenvalue weighted by molar-refractivity contribution is -0.149. The zero-order valence-corrected chi connectivity index (χ0v) is 22.3. The molecule has 8 nitrogen and oxygen atoms in total. The second kappa shape index (κ2) is 13.4. The van der Waals surface area contributed by atoms with Gasteiger partial charge in [0, 0.05) is 23.4 Å². The van der Waals surface area contributed by atoms with Gasteiger partial charge in [0.2, 0.25) is 22.0 Å². The van der Waals surface area contributed by atoms with Crippen molar-refractivity contribution in [2.24, 2.45) is 5.92 Å². The van der Waals surface area contributed by atoms with Gasteiger partial charge < -0.3 is 15.3 Å². The molecule has 2 aromatic carbocycles. The molecule has 0 unspecified atom stereocenters. The number of carbonyl (C=O) groups is 5. The van der Waals surface area contributed by atoms with Gasteiger partial charge in [-0.3, -0.25) is 19.2 Å². The summed E-state index contributed by atoms with van der Waals surface area (Å²) in [6.45, 7) is 3.83. The van der Waals surface area contributed by atoms with Gasteiger partial charge in [-0.2, -0.15) is 0 Å². The third-order valence-electron chi connectivity index (χ3n) is 5.98. The Hall–Kier alpha value is -3.11. The number of amides is 2. The van der Waals surface area contributed by atoms with E-state index in [4.69, 9.17) is 0 Å². The van der Waals surface area contributed by atoms with E-state index in [9.17, 15) is 29.1 Å². The first-order chi connectivity index (χ1) is 17.7. The van der Waals surface area contributed by atoms with E-state index in [2.05, 4.69) is 5.32 Å². The second-order valence-corrected chi connectivity index (χ2v) is 11.2. The Kier molecular flexibility index (Phi) is 10.3. The Morgan fingerprint density at radius 2 is 1.51 bits per heavy atom. The van der Waals surface area contributed by atoms with Crippen molar-refractivity contribution in [2.45, 2.75) is 44.0 Å². The van der Waals surface area contributed by atoms with Gasteiger partial charge in [-0.05, 0) is 18.8 Å². The van der Waals surface area contributed by atoms with E-state index in [1.54, 1.807) is 74.5 Å². The molecule has 2 aromatic rings. The van der Waals surface area contributed by atoms with Crippen LogP contribution in [0.4, 0.5) is 0 Å². The van der Waals surface area contributed by atoms with Crippen LogP contribution in [0.3, 0.4) is 0 Å². The summed E-state index contributed by atoms with van der Waals surface area (Å²) in [5.41, 5.74) is 0.901. The average molecular weight is 543 g/mol. The minimum Gasteiger partial charge on any atom is -0.480 e. The Balaban J connectivity index is 1.77. The monoisotopic (exact) mass is 542 g/mol. The van der Waals surface area contributed by atoms with Crippen molar-refractivity contribution in [3.05, 3.63) is 71.8 Å². The SMILES string of the molecule is CC(C)[C@H](NC(=O)[C@H](CSC(=O)c1ccccc1)SC(=O)c1ccccc1)C(=O)N1CCC[C@H]1C(=O)O. The molecule has 3 atom stereocenters. The molecule has 196 valence electrons. The molecular weight excluding hydrogens is 512 g/mol. The second-order valence-electron chi connectivity index (χ2n) is 8.98.